The van der Waals surface area contributed by atoms with Gasteiger partial charge in [0.1, 0.15) is 5.69 Å². The normalized spacial score (nSPS) is 17.9. The van der Waals surface area contributed by atoms with Crippen molar-refractivity contribution in [1.29, 1.82) is 0 Å². The van der Waals surface area contributed by atoms with Gasteiger partial charge >= 0.3 is 0 Å². The van der Waals surface area contributed by atoms with E-state index in [1.807, 2.05) is 36.4 Å². The first-order valence-corrected chi connectivity index (χ1v) is 11.3. The number of hydrogen-bond acceptors (Lipinski definition) is 6. The van der Waals surface area contributed by atoms with Crippen LogP contribution in [0.25, 0.3) is 22.5 Å². The molecular formula is C22H20N4O3S. The van der Waals surface area contributed by atoms with Crippen molar-refractivity contribution in [3.05, 3.63) is 72.6 Å². The van der Waals surface area contributed by atoms with Crippen molar-refractivity contribution in [1.82, 2.24) is 19.5 Å². The second kappa shape index (κ2) is 7.62. The quantitative estimate of drug-likeness (QED) is 0.498. The number of pyridine rings is 1. The molecule has 0 aliphatic carbocycles. The molecule has 1 saturated heterocycles. The molecule has 3 heterocycles. The third kappa shape index (κ3) is 3.48. The molecule has 2 aromatic carbocycles. The highest BCUT2D eigenvalue weighted by Gasteiger charge is 2.33. The molecule has 0 N–H and O–H groups in total. The number of piperidine rings is 1. The van der Waals surface area contributed by atoms with Crippen molar-refractivity contribution in [2.45, 2.75) is 23.7 Å². The van der Waals surface area contributed by atoms with Gasteiger partial charge in [-0.25, -0.2) is 13.4 Å². The Balaban J connectivity index is 1.39. The lowest BCUT2D eigenvalue weighted by atomic mass is 10.00. The zero-order valence-electron chi connectivity index (χ0n) is 16.2. The maximum absolute atomic E-state index is 13.0. The van der Waals surface area contributed by atoms with Crippen LogP contribution in [-0.4, -0.2) is 41.0 Å². The summed E-state index contributed by atoms with van der Waals surface area (Å²) in [6, 6.07) is 20.2. The van der Waals surface area contributed by atoms with E-state index in [9.17, 15) is 8.42 Å². The third-order valence-electron chi connectivity index (χ3n) is 5.37. The van der Waals surface area contributed by atoms with Crippen molar-refractivity contribution in [3.8, 4) is 11.6 Å². The van der Waals surface area contributed by atoms with Gasteiger partial charge in [-0.3, -0.25) is 0 Å². The van der Waals surface area contributed by atoms with E-state index >= 15 is 0 Å². The molecule has 1 aliphatic rings. The van der Waals surface area contributed by atoms with Gasteiger partial charge < -0.3 is 4.42 Å². The summed E-state index contributed by atoms with van der Waals surface area (Å²) in [5, 5.41) is 9.41. The first kappa shape index (κ1) is 18.9. The molecule has 8 heteroatoms. The van der Waals surface area contributed by atoms with E-state index in [2.05, 4.69) is 15.2 Å². The van der Waals surface area contributed by atoms with Crippen LogP contribution in [0.3, 0.4) is 0 Å². The van der Waals surface area contributed by atoms with Crippen LogP contribution in [0.2, 0.25) is 0 Å². The van der Waals surface area contributed by atoms with Gasteiger partial charge in [0.15, 0.2) is 0 Å². The maximum atomic E-state index is 13.0. The van der Waals surface area contributed by atoms with Crippen LogP contribution < -0.4 is 0 Å². The van der Waals surface area contributed by atoms with Gasteiger partial charge in [0.2, 0.25) is 15.9 Å². The second-order valence-electron chi connectivity index (χ2n) is 7.35. The predicted molar refractivity (Wildman–Crippen MR) is 112 cm³/mol. The largest absolute Gasteiger partial charge is 0.419 e. The van der Waals surface area contributed by atoms with Crippen molar-refractivity contribution >= 4 is 20.9 Å². The van der Waals surface area contributed by atoms with Crippen molar-refractivity contribution in [2.24, 2.45) is 0 Å². The summed E-state index contributed by atoms with van der Waals surface area (Å²) in [5.41, 5.74) is 1.46. The number of para-hydroxylation sites is 1. The smallest absolute Gasteiger partial charge is 0.266 e. The number of hydrogen-bond donors (Lipinski definition) is 0. The molecule has 0 radical (unpaired) electrons. The summed E-state index contributed by atoms with van der Waals surface area (Å²) in [6.07, 6.45) is 1.54. The molecule has 0 spiro atoms. The maximum Gasteiger partial charge on any atom is 0.266 e. The summed E-state index contributed by atoms with van der Waals surface area (Å²) < 4.78 is 33.4. The summed E-state index contributed by atoms with van der Waals surface area (Å²) in [6.45, 7) is 0.810. The highest BCUT2D eigenvalue weighted by molar-refractivity contribution is 7.89. The van der Waals surface area contributed by atoms with E-state index in [0.717, 1.165) is 23.7 Å². The topological polar surface area (TPSA) is 89.2 Å². The Morgan fingerprint density at radius 2 is 1.73 bits per heavy atom. The summed E-state index contributed by atoms with van der Waals surface area (Å²) in [5.74, 6) is 0.658. The van der Waals surface area contributed by atoms with Crippen LogP contribution >= 0.6 is 0 Å². The zero-order chi connectivity index (χ0) is 20.6. The Bertz CT molecular complexity index is 1290. The first-order chi connectivity index (χ1) is 14.6. The fraction of sp³-hybridized carbons (Fsp3) is 0.227. The first-order valence-electron chi connectivity index (χ1n) is 9.86. The molecule has 1 unspecified atom stereocenters. The standard InChI is InChI=1S/C22H20N4O3S/c27-30(28,18-9-2-1-3-10-18)26-14-6-8-17(15-26)21-24-25-22(29-21)20-13-12-16-7-4-5-11-19(16)23-20/h1-5,7,9-13,17H,6,8,14-15H2. The van der Waals surface area contributed by atoms with Crippen molar-refractivity contribution < 1.29 is 12.8 Å². The van der Waals surface area contributed by atoms with E-state index in [4.69, 9.17) is 4.42 Å². The van der Waals surface area contributed by atoms with Gasteiger partial charge in [0.05, 0.1) is 16.3 Å². The van der Waals surface area contributed by atoms with E-state index in [0.29, 0.717) is 35.5 Å². The van der Waals surface area contributed by atoms with E-state index in [1.54, 1.807) is 30.3 Å². The SMILES string of the molecule is O=S(=O)(c1ccccc1)N1CCCC(c2nnc(-c3ccc4ccccc4n3)o2)C1. The molecule has 4 aromatic rings. The second-order valence-corrected chi connectivity index (χ2v) is 9.29. The molecule has 5 rings (SSSR count). The minimum Gasteiger partial charge on any atom is -0.419 e. The van der Waals surface area contributed by atoms with Crippen molar-refractivity contribution in [3.63, 3.8) is 0 Å². The monoisotopic (exact) mass is 420 g/mol. The van der Waals surface area contributed by atoms with E-state index in [1.165, 1.54) is 4.31 Å². The van der Waals surface area contributed by atoms with Crippen LogP contribution in [-0.2, 0) is 10.0 Å². The Labute approximate surface area is 174 Å². The highest BCUT2D eigenvalue weighted by Crippen LogP contribution is 2.31. The lowest BCUT2D eigenvalue weighted by Crippen LogP contribution is -2.39. The van der Waals surface area contributed by atoms with Gasteiger partial charge in [-0.2, -0.15) is 4.31 Å². The summed E-state index contributed by atoms with van der Waals surface area (Å²) in [4.78, 5) is 4.90. The number of nitrogens with zero attached hydrogens (tertiary/aromatic N) is 4. The number of aromatic nitrogens is 3. The molecule has 152 valence electrons. The average Bonchev–Trinajstić information content (AvgIpc) is 3.30. The zero-order valence-corrected chi connectivity index (χ0v) is 17.0. The average molecular weight is 420 g/mol. The Morgan fingerprint density at radius 3 is 2.60 bits per heavy atom. The van der Waals surface area contributed by atoms with Gasteiger partial charge in [0, 0.05) is 18.5 Å². The van der Waals surface area contributed by atoms with Crippen LogP contribution in [0, 0.1) is 0 Å². The molecule has 1 atom stereocenters. The Kier molecular flexibility index (Phi) is 4.80. The van der Waals surface area contributed by atoms with Gasteiger partial charge in [-0.15, -0.1) is 10.2 Å². The molecule has 7 nitrogen and oxygen atoms in total. The molecular weight excluding hydrogens is 400 g/mol. The molecule has 1 aliphatic heterocycles. The predicted octanol–water partition coefficient (Wildman–Crippen LogP) is 3.85. The van der Waals surface area contributed by atoms with Crippen LogP contribution in [0.5, 0.6) is 0 Å². The number of sulfonamides is 1. The molecule has 2 aromatic heterocycles. The number of fused-ring (bicyclic) bond motifs is 1. The minimum atomic E-state index is -3.54. The van der Waals surface area contributed by atoms with Crippen LogP contribution in [0.15, 0.2) is 76.0 Å². The summed E-state index contributed by atoms with van der Waals surface area (Å²) >= 11 is 0. The minimum absolute atomic E-state index is 0.140. The van der Waals surface area contributed by atoms with Gasteiger partial charge in [-0.1, -0.05) is 42.5 Å². The lowest BCUT2D eigenvalue weighted by molar-refractivity contribution is 0.286. The fourth-order valence-corrected chi connectivity index (χ4v) is 5.34. The van der Waals surface area contributed by atoms with E-state index < -0.39 is 10.0 Å². The van der Waals surface area contributed by atoms with Crippen LogP contribution in [0.4, 0.5) is 0 Å². The molecule has 0 saturated carbocycles. The molecule has 1 fully saturated rings. The van der Waals surface area contributed by atoms with E-state index in [-0.39, 0.29) is 5.92 Å². The Hall–Kier alpha value is -3.10. The lowest BCUT2D eigenvalue weighted by Gasteiger charge is -2.30. The van der Waals surface area contributed by atoms with Crippen molar-refractivity contribution in [2.75, 3.05) is 13.1 Å². The van der Waals surface area contributed by atoms with Gasteiger partial charge in [-0.05, 0) is 37.1 Å². The molecule has 0 bridgehead atoms. The highest BCUT2D eigenvalue weighted by atomic mass is 32.2. The number of benzene rings is 2. The Morgan fingerprint density at radius 1 is 0.933 bits per heavy atom. The summed E-state index contributed by atoms with van der Waals surface area (Å²) in [7, 11) is -3.54. The fourth-order valence-electron chi connectivity index (χ4n) is 3.79. The van der Waals surface area contributed by atoms with Gasteiger partial charge in [0.25, 0.3) is 5.89 Å². The third-order valence-corrected chi connectivity index (χ3v) is 7.25. The molecule has 0 amide bonds. The molecule has 30 heavy (non-hydrogen) atoms. The number of rotatable bonds is 4. The van der Waals surface area contributed by atoms with Crippen LogP contribution in [0.1, 0.15) is 24.7 Å².